The highest BCUT2D eigenvalue weighted by Crippen LogP contribution is 2.16. The first-order valence-electron chi connectivity index (χ1n) is 6.92. The average molecular weight is 270 g/mol. The zero-order chi connectivity index (χ0) is 15.1. The Kier molecular flexibility index (Phi) is 5.98. The van der Waals surface area contributed by atoms with Crippen LogP contribution < -0.4 is 4.74 Å². The fourth-order valence-electron chi connectivity index (χ4n) is 1.81. The SMILES string of the molecule is CC.Cc1ccc(OC(=O)c2ccc(C)cc2C)cc1. The molecule has 0 amide bonds. The minimum atomic E-state index is -0.309. The van der Waals surface area contributed by atoms with Gasteiger partial charge in [-0.15, -0.1) is 0 Å². The van der Waals surface area contributed by atoms with Crippen molar-refractivity contribution in [1.29, 1.82) is 0 Å². The third-order valence-corrected chi connectivity index (χ3v) is 2.83. The van der Waals surface area contributed by atoms with Crippen molar-refractivity contribution >= 4 is 5.97 Å². The second-order valence-electron chi connectivity index (χ2n) is 4.52. The van der Waals surface area contributed by atoms with Crippen molar-refractivity contribution in [3.05, 3.63) is 64.7 Å². The Bertz CT molecular complexity index is 568. The van der Waals surface area contributed by atoms with Gasteiger partial charge in [0.05, 0.1) is 5.56 Å². The largest absolute Gasteiger partial charge is 0.423 e. The van der Waals surface area contributed by atoms with E-state index in [4.69, 9.17) is 4.74 Å². The number of carbonyl (C=O) groups is 1. The minimum Gasteiger partial charge on any atom is -0.423 e. The highest BCUT2D eigenvalue weighted by atomic mass is 16.5. The molecule has 0 bridgehead atoms. The Balaban J connectivity index is 0.000000956. The maximum absolute atomic E-state index is 12.0. The molecule has 0 aromatic heterocycles. The Morgan fingerprint density at radius 1 is 0.850 bits per heavy atom. The number of aryl methyl sites for hydroxylation is 3. The van der Waals surface area contributed by atoms with Crippen molar-refractivity contribution < 1.29 is 9.53 Å². The van der Waals surface area contributed by atoms with Crippen LogP contribution in [0.4, 0.5) is 0 Å². The molecule has 0 fully saturated rings. The quantitative estimate of drug-likeness (QED) is 0.575. The van der Waals surface area contributed by atoms with E-state index in [9.17, 15) is 4.79 Å². The van der Waals surface area contributed by atoms with Crippen LogP contribution in [0.15, 0.2) is 42.5 Å². The Labute approximate surface area is 121 Å². The van der Waals surface area contributed by atoms with Crippen LogP contribution in [0.3, 0.4) is 0 Å². The average Bonchev–Trinajstić information content (AvgIpc) is 2.43. The highest BCUT2D eigenvalue weighted by molar-refractivity contribution is 5.92. The number of ether oxygens (including phenoxy) is 1. The lowest BCUT2D eigenvalue weighted by Gasteiger charge is -2.07. The third-order valence-electron chi connectivity index (χ3n) is 2.83. The van der Waals surface area contributed by atoms with Crippen molar-refractivity contribution in [2.45, 2.75) is 34.6 Å². The van der Waals surface area contributed by atoms with Crippen LogP contribution in [-0.4, -0.2) is 5.97 Å². The molecule has 2 nitrogen and oxygen atoms in total. The summed E-state index contributed by atoms with van der Waals surface area (Å²) in [5.74, 6) is 0.266. The predicted octanol–water partition coefficient (Wildman–Crippen LogP) is 4.86. The molecular weight excluding hydrogens is 248 g/mol. The predicted molar refractivity (Wildman–Crippen MR) is 83.4 cm³/mol. The van der Waals surface area contributed by atoms with Crippen molar-refractivity contribution in [2.75, 3.05) is 0 Å². The fraction of sp³-hybridized carbons (Fsp3) is 0.278. The number of benzene rings is 2. The molecule has 2 aromatic carbocycles. The van der Waals surface area contributed by atoms with Gasteiger partial charge in [-0.2, -0.15) is 0 Å². The molecule has 0 saturated carbocycles. The Morgan fingerprint density at radius 2 is 1.40 bits per heavy atom. The fourth-order valence-corrected chi connectivity index (χ4v) is 1.81. The minimum absolute atomic E-state index is 0.309. The zero-order valence-corrected chi connectivity index (χ0v) is 12.9. The molecule has 106 valence electrons. The Morgan fingerprint density at radius 3 is 1.95 bits per heavy atom. The zero-order valence-electron chi connectivity index (χ0n) is 12.9. The van der Waals surface area contributed by atoms with Crippen LogP contribution >= 0.6 is 0 Å². The molecular formula is C18H22O2. The lowest BCUT2D eigenvalue weighted by Crippen LogP contribution is -2.10. The van der Waals surface area contributed by atoms with E-state index in [1.54, 1.807) is 18.2 Å². The molecule has 0 aliphatic heterocycles. The first kappa shape index (κ1) is 16.0. The van der Waals surface area contributed by atoms with Crippen molar-refractivity contribution in [3.63, 3.8) is 0 Å². The molecule has 0 atom stereocenters. The van der Waals surface area contributed by atoms with Gasteiger partial charge in [0.1, 0.15) is 5.75 Å². The van der Waals surface area contributed by atoms with Crippen LogP contribution in [0, 0.1) is 20.8 Å². The maximum atomic E-state index is 12.0. The summed E-state index contributed by atoms with van der Waals surface area (Å²) in [4.78, 5) is 12.0. The van der Waals surface area contributed by atoms with Gasteiger partial charge in [-0.3, -0.25) is 0 Å². The van der Waals surface area contributed by atoms with E-state index in [0.29, 0.717) is 11.3 Å². The van der Waals surface area contributed by atoms with Gasteiger partial charge in [-0.05, 0) is 44.5 Å². The topological polar surface area (TPSA) is 26.3 Å². The van der Waals surface area contributed by atoms with E-state index in [0.717, 1.165) is 16.7 Å². The van der Waals surface area contributed by atoms with Gasteiger partial charge in [0, 0.05) is 0 Å². The van der Waals surface area contributed by atoms with E-state index in [-0.39, 0.29) is 5.97 Å². The van der Waals surface area contributed by atoms with E-state index in [1.165, 1.54) is 0 Å². The van der Waals surface area contributed by atoms with E-state index < -0.39 is 0 Å². The van der Waals surface area contributed by atoms with Gasteiger partial charge in [-0.1, -0.05) is 49.2 Å². The van der Waals surface area contributed by atoms with Gasteiger partial charge >= 0.3 is 5.97 Å². The molecule has 2 aromatic rings. The summed E-state index contributed by atoms with van der Waals surface area (Å²) in [6.45, 7) is 9.91. The summed E-state index contributed by atoms with van der Waals surface area (Å²) in [6, 6.07) is 13.1. The van der Waals surface area contributed by atoms with Crippen molar-refractivity contribution in [2.24, 2.45) is 0 Å². The molecule has 0 spiro atoms. The van der Waals surface area contributed by atoms with Crippen molar-refractivity contribution in [3.8, 4) is 5.75 Å². The van der Waals surface area contributed by atoms with Gasteiger partial charge in [0.25, 0.3) is 0 Å². The molecule has 0 heterocycles. The molecule has 0 N–H and O–H groups in total. The first-order valence-corrected chi connectivity index (χ1v) is 6.92. The summed E-state index contributed by atoms with van der Waals surface area (Å²) in [5.41, 5.74) is 3.83. The molecule has 20 heavy (non-hydrogen) atoms. The molecule has 2 rings (SSSR count). The van der Waals surface area contributed by atoms with E-state index >= 15 is 0 Å². The number of esters is 1. The maximum Gasteiger partial charge on any atom is 0.343 e. The number of hydrogen-bond donors (Lipinski definition) is 0. The highest BCUT2D eigenvalue weighted by Gasteiger charge is 2.11. The van der Waals surface area contributed by atoms with Gasteiger partial charge in [0.15, 0.2) is 0 Å². The molecule has 0 saturated heterocycles. The van der Waals surface area contributed by atoms with Gasteiger partial charge < -0.3 is 4.74 Å². The van der Waals surface area contributed by atoms with Crippen molar-refractivity contribution in [1.82, 2.24) is 0 Å². The van der Waals surface area contributed by atoms with Crippen LogP contribution in [-0.2, 0) is 0 Å². The molecule has 0 unspecified atom stereocenters. The van der Waals surface area contributed by atoms with Crippen LogP contribution in [0.1, 0.15) is 40.9 Å². The summed E-state index contributed by atoms with van der Waals surface area (Å²) in [6.07, 6.45) is 0. The second kappa shape index (κ2) is 7.49. The lowest BCUT2D eigenvalue weighted by molar-refractivity contribution is 0.0734. The summed E-state index contributed by atoms with van der Waals surface area (Å²) in [7, 11) is 0. The summed E-state index contributed by atoms with van der Waals surface area (Å²) < 4.78 is 5.34. The van der Waals surface area contributed by atoms with Crippen LogP contribution in [0.25, 0.3) is 0 Å². The Hall–Kier alpha value is -2.09. The monoisotopic (exact) mass is 270 g/mol. The normalized spacial score (nSPS) is 9.45. The second-order valence-corrected chi connectivity index (χ2v) is 4.52. The molecule has 0 radical (unpaired) electrons. The number of rotatable bonds is 2. The first-order chi connectivity index (χ1) is 9.56. The molecule has 0 aliphatic carbocycles. The summed E-state index contributed by atoms with van der Waals surface area (Å²) in [5, 5.41) is 0. The molecule has 0 aliphatic rings. The van der Waals surface area contributed by atoms with Gasteiger partial charge in [0.2, 0.25) is 0 Å². The number of carbonyl (C=O) groups excluding carboxylic acids is 1. The standard InChI is InChI=1S/C16H16O2.C2H6/c1-11-4-7-14(8-5-11)18-16(17)15-9-6-12(2)10-13(15)3;1-2/h4-10H,1-3H3;1-2H3. The van der Waals surface area contributed by atoms with Gasteiger partial charge in [-0.25, -0.2) is 4.79 Å². The lowest BCUT2D eigenvalue weighted by atomic mass is 10.1. The smallest absolute Gasteiger partial charge is 0.343 e. The molecule has 2 heteroatoms. The number of hydrogen-bond acceptors (Lipinski definition) is 2. The van der Waals surface area contributed by atoms with Crippen LogP contribution in [0.5, 0.6) is 5.75 Å². The van der Waals surface area contributed by atoms with E-state index in [2.05, 4.69) is 0 Å². The van der Waals surface area contributed by atoms with Crippen LogP contribution in [0.2, 0.25) is 0 Å². The van der Waals surface area contributed by atoms with E-state index in [1.807, 2.05) is 58.9 Å². The summed E-state index contributed by atoms with van der Waals surface area (Å²) >= 11 is 0. The third kappa shape index (κ3) is 4.23.